The van der Waals surface area contributed by atoms with E-state index in [4.69, 9.17) is 0 Å². The molecule has 2 fully saturated rings. The highest BCUT2D eigenvalue weighted by Gasteiger charge is 2.37. The van der Waals surface area contributed by atoms with E-state index in [9.17, 15) is 14.0 Å². The van der Waals surface area contributed by atoms with Crippen LogP contribution in [0.4, 0.5) is 4.39 Å². The second kappa shape index (κ2) is 2.97. The van der Waals surface area contributed by atoms with Gasteiger partial charge in [0.25, 0.3) is 0 Å². The minimum Gasteiger partial charge on any atom is -0.355 e. The van der Waals surface area contributed by atoms with E-state index in [2.05, 4.69) is 5.32 Å². The van der Waals surface area contributed by atoms with E-state index < -0.39 is 6.17 Å². The molecule has 0 aromatic rings. The van der Waals surface area contributed by atoms with Crippen LogP contribution < -0.4 is 5.32 Å². The van der Waals surface area contributed by atoms with Gasteiger partial charge in [-0.2, -0.15) is 0 Å². The fraction of sp³-hybridized carbons (Fsp3) is 0.750. The van der Waals surface area contributed by atoms with Crippen molar-refractivity contribution in [3.05, 3.63) is 0 Å². The van der Waals surface area contributed by atoms with Crippen molar-refractivity contribution in [2.75, 3.05) is 19.6 Å². The van der Waals surface area contributed by atoms with Crippen LogP contribution in [0.15, 0.2) is 0 Å². The minimum absolute atomic E-state index is 0.0873. The summed E-state index contributed by atoms with van der Waals surface area (Å²) in [6.45, 7) is 0.804. The Kier molecular flexibility index (Phi) is 1.94. The van der Waals surface area contributed by atoms with Crippen LogP contribution >= 0.6 is 0 Å². The first-order chi connectivity index (χ1) is 6.16. The van der Waals surface area contributed by atoms with Gasteiger partial charge in [0.15, 0.2) is 0 Å². The zero-order valence-electron chi connectivity index (χ0n) is 7.12. The van der Waals surface area contributed by atoms with E-state index in [1.54, 1.807) is 0 Å². The standard InChI is InChI=1S/C8H11FN2O2/c9-6-3-11(4-6)8(13)5-1-7(12)10-2-5/h5-6H,1-4H2,(H,10,12). The average Bonchev–Trinajstić information content (AvgIpc) is 2.45. The maximum Gasteiger partial charge on any atom is 0.228 e. The van der Waals surface area contributed by atoms with Gasteiger partial charge in [0, 0.05) is 13.0 Å². The van der Waals surface area contributed by atoms with Crippen molar-refractivity contribution < 1.29 is 14.0 Å². The van der Waals surface area contributed by atoms with Gasteiger partial charge in [0.1, 0.15) is 6.17 Å². The summed E-state index contributed by atoms with van der Waals surface area (Å²) in [5, 5.41) is 2.58. The van der Waals surface area contributed by atoms with Gasteiger partial charge < -0.3 is 10.2 Å². The Labute approximate surface area is 75.1 Å². The van der Waals surface area contributed by atoms with Crippen LogP contribution in [0.3, 0.4) is 0 Å². The van der Waals surface area contributed by atoms with Crippen molar-refractivity contribution in [2.45, 2.75) is 12.6 Å². The number of hydrogen-bond donors (Lipinski definition) is 1. The van der Waals surface area contributed by atoms with Crippen LogP contribution in [0.2, 0.25) is 0 Å². The first-order valence-electron chi connectivity index (χ1n) is 4.36. The van der Waals surface area contributed by atoms with Gasteiger partial charge in [0.05, 0.1) is 19.0 Å². The molecular formula is C8H11FN2O2. The molecule has 0 bridgehead atoms. The number of rotatable bonds is 1. The summed E-state index contributed by atoms with van der Waals surface area (Å²) in [5.74, 6) is -0.442. The summed E-state index contributed by atoms with van der Waals surface area (Å²) in [5.41, 5.74) is 0. The quantitative estimate of drug-likeness (QED) is 0.589. The van der Waals surface area contributed by atoms with Crippen molar-refractivity contribution >= 4 is 11.8 Å². The zero-order valence-corrected chi connectivity index (χ0v) is 7.12. The monoisotopic (exact) mass is 186 g/mol. The molecule has 72 valence electrons. The summed E-state index contributed by atoms with van der Waals surface area (Å²) in [6.07, 6.45) is -0.610. The van der Waals surface area contributed by atoms with Crippen molar-refractivity contribution in [3.8, 4) is 0 Å². The Morgan fingerprint density at radius 3 is 2.69 bits per heavy atom. The predicted molar refractivity (Wildman–Crippen MR) is 42.6 cm³/mol. The second-order valence-electron chi connectivity index (χ2n) is 3.55. The summed E-state index contributed by atoms with van der Waals surface area (Å²) < 4.78 is 12.4. The number of carbonyl (C=O) groups excluding carboxylic acids is 2. The van der Waals surface area contributed by atoms with Gasteiger partial charge >= 0.3 is 0 Å². The normalized spacial score (nSPS) is 28.5. The molecule has 2 aliphatic rings. The molecule has 1 N–H and O–H groups in total. The molecule has 0 radical (unpaired) electrons. The highest BCUT2D eigenvalue weighted by atomic mass is 19.1. The number of hydrogen-bond acceptors (Lipinski definition) is 2. The van der Waals surface area contributed by atoms with Crippen LogP contribution in [0, 0.1) is 5.92 Å². The van der Waals surface area contributed by atoms with E-state index in [-0.39, 0.29) is 37.2 Å². The Morgan fingerprint density at radius 2 is 2.23 bits per heavy atom. The van der Waals surface area contributed by atoms with Crippen LogP contribution in [-0.2, 0) is 9.59 Å². The molecule has 5 heteroatoms. The van der Waals surface area contributed by atoms with Gasteiger partial charge in [-0.25, -0.2) is 4.39 Å². The molecular weight excluding hydrogens is 175 g/mol. The molecule has 2 amide bonds. The average molecular weight is 186 g/mol. The first kappa shape index (κ1) is 8.47. The highest BCUT2D eigenvalue weighted by Crippen LogP contribution is 2.18. The SMILES string of the molecule is O=C1CC(C(=O)N2CC(F)C2)CN1. The van der Waals surface area contributed by atoms with Gasteiger partial charge in [-0.05, 0) is 0 Å². The number of amides is 2. The Bertz CT molecular complexity index is 251. The van der Waals surface area contributed by atoms with Crippen molar-refractivity contribution in [2.24, 2.45) is 5.92 Å². The molecule has 0 aromatic carbocycles. The Balaban J connectivity index is 1.87. The third-order valence-electron chi connectivity index (χ3n) is 2.48. The summed E-state index contributed by atoms with van der Waals surface area (Å²) in [4.78, 5) is 23.7. The van der Waals surface area contributed by atoms with Crippen LogP contribution in [0.5, 0.6) is 0 Å². The second-order valence-corrected chi connectivity index (χ2v) is 3.55. The maximum absolute atomic E-state index is 12.4. The Morgan fingerprint density at radius 1 is 1.54 bits per heavy atom. The summed E-state index contributed by atoms with van der Waals surface area (Å²) >= 11 is 0. The molecule has 2 aliphatic heterocycles. The molecule has 2 heterocycles. The first-order valence-corrected chi connectivity index (χ1v) is 4.36. The molecule has 13 heavy (non-hydrogen) atoms. The lowest BCUT2D eigenvalue weighted by atomic mass is 10.0. The third-order valence-corrected chi connectivity index (χ3v) is 2.48. The van der Waals surface area contributed by atoms with Gasteiger partial charge in [0.2, 0.25) is 11.8 Å². The lowest BCUT2D eigenvalue weighted by Gasteiger charge is -2.35. The molecule has 0 saturated carbocycles. The number of halogens is 1. The van der Waals surface area contributed by atoms with Crippen LogP contribution in [0.25, 0.3) is 0 Å². The van der Waals surface area contributed by atoms with E-state index >= 15 is 0 Å². The summed E-state index contributed by atoms with van der Waals surface area (Å²) in [6, 6.07) is 0. The fourth-order valence-corrected chi connectivity index (χ4v) is 1.64. The number of alkyl halides is 1. The van der Waals surface area contributed by atoms with Gasteiger partial charge in [-0.3, -0.25) is 9.59 Å². The maximum atomic E-state index is 12.4. The third kappa shape index (κ3) is 1.50. The number of nitrogens with one attached hydrogen (secondary N) is 1. The van der Waals surface area contributed by atoms with Crippen molar-refractivity contribution in [3.63, 3.8) is 0 Å². The highest BCUT2D eigenvalue weighted by molar-refractivity contribution is 5.89. The largest absolute Gasteiger partial charge is 0.355 e. The molecule has 0 aliphatic carbocycles. The topological polar surface area (TPSA) is 49.4 Å². The predicted octanol–water partition coefficient (Wildman–Crippen LogP) is -0.697. The zero-order chi connectivity index (χ0) is 9.42. The number of nitrogens with zero attached hydrogens (tertiary/aromatic N) is 1. The molecule has 1 unspecified atom stereocenters. The van der Waals surface area contributed by atoms with E-state index in [1.165, 1.54) is 4.90 Å². The lowest BCUT2D eigenvalue weighted by molar-refractivity contribution is -0.142. The van der Waals surface area contributed by atoms with Crippen LogP contribution in [0.1, 0.15) is 6.42 Å². The van der Waals surface area contributed by atoms with E-state index in [0.717, 1.165) is 0 Å². The number of likely N-dealkylation sites (tertiary alicyclic amines) is 1. The molecule has 2 rings (SSSR count). The minimum atomic E-state index is -0.867. The van der Waals surface area contributed by atoms with Gasteiger partial charge in [-0.15, -0.1) is 0 Å². The number of carbonyl (C=O) groups is 2. The molecule has 0 spiro atoms. The summed E-state index contributed by atoms with van der Waals surface area (Å²) in [7, 11) is 0. The molecule has 2 saturated heterocycles. The fourth-order valence-electron chi connectivity index (χ4n) is 1.64. The smallest absolute Gasteiger partial charge is 0.228 e. The molecule has 1 atom stereocenters. The van der Waals surface area contributed by atoms with E-state index in [1.807, 2.05) is 0 Å². The molecule has 0 aromatic heterocycles. The van der Waals surface area contributed by atoms with E-state index in [0.29, 0.717) is 6.54 Å². The Hall–Kier alpha value is -1.13. The van der Waals surface area contributed by atoms with Gasteiger partial charge in [-0.1, -0.05) is 0 Å². The van der Waals surface area contributed by atoms with Crippen molar-refractivity contribution in [1.29, 1.82) is 0 Å². The van der Waals surface area contributed by atoms with Crippen molar-refractivity contribution in [1.82, 2.24) is 10.2 Å². The van der Waals surface area contributed by atoms with Crippen LogP contribution in [-0.4, -0.2) is 42.5 Å². The lowest BCUT2D eigenvalue weighted by Crippen LogP contribution is -2.53. The molecule has 4 nitrogen and oxygen atoms in total.